The van der Waals surface area contributed by atoms with Crippen LogP contribution in [0.4, 0.5) is 0 Å². The van der Waals surface area contributed by atoms with Gasteiger partial charge in [0.25, 0.3) is 0 Å². The summed E-state index contributed by atoms with van der Waals surface area (Å²) in [5.74, 6) is 0. The smallest absolute Gasteiger partial charge is 0.0932 e. The zero-order chi connectivity index (χ0) is 13.7. The highest BCUT2D eigenvalue weighted by atomic mass is 35.5. The number of halogens is 1. The second-order valence-electron chi connectivity index (χ2n) is 4.80. The van der Waals surface area contributed by atoms with Crippen molar-refractivity contribution < 1.29 is 14.9 Å². The largest absolute Gasteiger partial charge is 0.394 e. The molecule has 19 heavy (non-hydrogen) atoms. The average Bonchev–Trinajstić information content (AvgIpc) is 2.45. The van der Waals surface area contributed by atoms with Crippen LogP contribution in [0.3, 0.4) is 0 Å². The quantitative estimate of drug-likeness (QED) is 0.860. The Kier molecular flexibility index (Phi) is 5.60. The molecule has 2 rings (SSSR count). The van der Waals surface area contributed by atoms with Gasteiger partial charge >= 0.3 is 0 Å². The summed E-state index contributed by atoms with van der Waals surface area (Å²) in [6, 6.07) is 7.37. The number of aliphatic hydroxyl groups is 2. The number of nitrogens with zero attached hydrogens (tertiary/aromatic N) is 1. The molecule has 2 atom stereocenters. The molecule has 1 aliphatic heterocycles. The highest BCUT2D eigenvalue weighted by Crippen LogP contribution is 2.25. The van der Waals surface area contributed by atoms with Gasteiger partial charge in [0, 0.05) is 24.7 Å². The van der Waals surface area contributed by atoms with E-state index in [1.165, 1.54) is 0 Å². The molecular formula is C14H20ClNO3. The summed E-state index contributed by atoms with van der Waals surface area (Å²) < 4.78 is 5.39. The molecule has 0 spiro atoms. The van der Waals surface area contributed by atoms with Crippen molar-refractivity contribution in [2.45, 2.75) is 18.6 Å². The van der Waals surface area contributed by atoms with Crippen LogP contribution in [-0.2, 0) is 4.74 Å². The van der Waals surface area contributed by atoms with Crippen LogP contribution in [0.1, 0.15) is 18.1 Å². The Hall–Kier alpha value is -0.650. The van der Waals surface area contributed by atoms with E-state index >= 15 is 0 Å². The van der Waals surface area contributed by atoms with Gasteiger partial charge in [0.05, 0.1) is 25.4 Å². The van der Waals surface area contributed by atoms with E-state index < -0.39 is 6.10 Å². The fraction of sp³-hybridized carbons (Fsp3) is 0.571. The Morgan fingerprint density at radius 3 is 2.95 bits per heavy atom. The molecule has 1 fully saturated rings. The van der Waals surface area contributed by atoms with Gasteiger partial charge in [-0.15, -0.1) is 0 Å². The van der Waals surface area contributed by atoms with Crippen molar-refractivity contribution in [1.29, 1.82) is 0 Å². The lowest BCUT2D eigenvalue weighted by atomic mass is 10.1. The summed E-state index contributed by atoms with van der Waals surface area (Å²) in [4.78, 5) is 2.20. The third kappa shape index (κ3) is 4.16. The van der Waals surface area contributed by atoms with E-state index in [0.717, 1.165) is 18.7 Å². The molecule has 5 heteroatoms. The molecule has 106 valence electrons. The van der Waals surface area contributed by atoms with E-state index in [2.05, 4.69) is 4.90 Å². The van der Waals surface area contributed by atoms with Gasteiger partial charge in [-0.05, 0) is 18.1 Å². The highest BCUT2D eigenvalue weighted by molar-refractivity contribution is 6.31. The second-order valence-corrected chi connectivity index (χ2v) is 5.21. The van der Waals surface area contributed by atoms with Crippen molar-refractivity contribution in [3.63, 3.8) is 0 Å². The lowest BCUT2D eigenvalue weighted by molar-refractivity contribution is -0.0551. The molecule has 1 aromatic carbocycles. The van der Waals surface area contributed by atoms with Gasteiger partial charge in [-0.1, -0.05) is 29.8 Å². The maximum atomic E-state index is 10.2. The lowest BCUT2D eigenvalue weighted by Gasteiger charge is -2.32. The van der Waals surface area contributed by atoms with Crippen molar-refractivity contribution >= 4 is 11.6 Å². The molecule has 0 saturated carbocycles. The minimum Gasteiger partial charge on any atom is -0.394 e. The third-order valence-electron chi connectivity index (χ3n) is 3.41. The molecule has 1 saturated heterocycles. The van der Waals surface area contributed by atoms with E-state index in [-0.39, 0.29) is 12.7 Å². The summed E-state index contributed by atoms with van der Waals surface area (Å²) >= 11 is 6.06. The van der Waals surface area contributed by atoms with Crippen molar-refractivity contribution in [1.82, 2.24) is 4.90 Å². The second kappa shape index (κ2) is 7.22. The summed E-state index contributed by atoms with van der Waals surface area (Å²) in [7, 11) is 0. The van der Waals surface area contributed by atoms with Crippen LogP contribution < -0.4 is 0 Å². The molecule has 1 heterocycles. The number of benzene rings is 1. The lowest BCUT2D eigenvalue weighted by Crippen LogP contribution is -2.44. The van der Waals surface area contributed by atoms with Crippen molar-refractivity contribution in [3.8, 4) is 0 Å². The normalized spacial score (nSPS) is 22.4. The fourth-order valence-corrected chi connectivity index (χ4v) is 2.56. The SMILES string of the molecule is OCC1CN(CCC(O)c2ccccc2Cl)CCO1. The molecule has 0 bridgehead atoms. The van der Waals surface area contributed by atoms with Crippen LogP contribution in [0, 0.1) is 0 Å². The summed E-state index contributed by atoms with van der Waals surface area (Å²) in [6.45, 7) is 3.00. The Balaban J connectivity index is 1.83. The van der Waals surface area contributed by atoms with Crippen molar-refractivity contribution in [2.24, 2.45) is 0 Å². The predicted octanol–water partition coefficient (Wildman–Crippen LogP) is 1.46. The van der Waals surface area contributed by atoms with Gasteiger partial charge in [-0.3, -0.25) is 4.90 Å². The van der Waals surface area contributed by atoms with Crippen molar-refractivity contribution in [2.75, 3.05) is 32.8 Å². The summed E-state index contributed by atoms with van der Waals surface area (Å²) in [5, 5.41) is 19.8. The molecule has 4 nitrogen and oxygen atoms in total. The zero-order valence-electron chi connectivity index (χ0n) is 10.8. The van der Waals surface area contributed by atoms with E-state index in [0.29, 0.717) is 24.6 Å². The average molecular weight is 286 g/mol. The summed E-state index contributed by atoms with van der Waals surface area (Å²) in [6.07, 6.45) is -0.0302. The first-order valence-corrected chi connectivity index (χ1v) is 6.96. The van der Waals surface area contributed by atoms with Gasteiger partial charge < -0.3 is 14.9 Å². The Labute approximate surface area is 118 Å². The molecule has 1 aromatic rings. The van der Waals surface area contributed by atoms with E-state index in [4.69, 9.17) is 21.4 Å². The number of hydrogen-bond donors (Lipinski definition) is 2. The van der Waals surface area contributed by atoms with E-state index in [9.17, 15) is 5.11 Å². The summed E-state index contributed by atoms with van der Waals surface area (Å²) in [5.41, 5.74) is 0.774. The molecule has 1 aliphatic rings. The van der Waals surface area contributed by atoms with Crippen LogP contribution >= 0.6 is 11.6 Å². The standard InChI is InChI=1S/C14H20ClNO3/c15-13-4-2-1-3-12(13)14(18)5-6-16-7-8-19-11(9-16)10-17/h1-4,11,14,17-18H,5-10H2. The van der Waals surface area contributed by atoms with Gasteiger partial charge in [0.2, 0.25) is 0 Å². The van der Waals surface area contributed by atoms with Crippen LogP contribution in [-0.4, -0.2) is 54.1 Å². The third-order valence-corrected chi connectivity index (χ3v) is 3.75. The molecule has 0 amide bonds. The van der Waals surface area contributed by atoms with Crippen molar-refractivity contribution in [3.05, 3.63) is 34.9 Å². The van der Waals surface area contributed by atoms with Crippen LogP contribution in [0.25, 0.3) is 0 Å². The number of rotatable bonds is 5. The molecule has 2 unspecified atom stereocenters. The predicted molar refractivity (Wildman–Crippen MR) is 74.3 cm³/mol. The minimum absolute atomic E-state index is 0.0452. The Morgan fingerprint density at radius 1 is 1.42 bits per heavy atom. The van der Waals surface area contributed by atoms with Gasteiger partial charge in [-0.2, -0.15) is 0 Å². The van der Waals surface area contributed by atoms with Gasteiger partial charge in [0.1, 0.15) is 0 Å². The Bertz CT molecular complexity index is 402. The Morgan fingerprint density at radius 2 is 2.21 bits per heavy atom. The first-order valence-electron chi connectivity index (χ1n) is 6.58. The monoisotopic (exact) mass is 285 g/mol. The number of morpholine rings is 1. The van der Waals surface area contributed by atoms with Crippen LogP contribution in [0.2, 0.25) is 5.02 Å². The zero-order valence-corrected chi connectivity index (χ0v) is 11.6. The topological polar surface area (TPSA) is 52.9 Å². The fourth-order valence-electron chi connectivity index (χ4n) is 2.30. The molecule has 0 aromatic heterocycles. The van der Waals surface area contributed by atoms with E-state index in [1.54, 1.807) is 6.07 Å². The minimum atomic E-state index is -0.552. The van der Waals surface area contributed by atoms with Gasteiger partial charge in [0.15, 0.2) is 0 Å². The highest BCUT2D eigenvalue weighted by Gasteiger charge is 2.20. The number of ether oxygens (including phenoxy) is 1. The van der Waals surface area contributed by atoms with E-state index in [1.807, 2.05) is 18.2 Å². The molecule has 0 aliphatic carbocycles. The van der Waals surface area contributed by atoms with Crippen LogP contribution in [0.5, 0.6) is 0 Å². The number of aliphatic hydroxyl groups excluding tert-OH is 2. The van der Waals surface area contributed by atoms with Gasteiger partial charge in [-0.25, -0.2) is 0 Å². The maximum Gasteiger partial charge on any atom is 0.0932 e. The first kappa shape index (κ1) is 14.8. The van der Waals surface area contributed by atoms with Crippen LogP contribution in [0.15, 0.2) is 24.3 Å². The number of hydrogen-bond acceptors (Lipinski definition) is 4. The molecule has 2 N–H and O–H groups in total. The molecular weight excluding hydrogens is 266 g/mol. The molecule has 0 radical (unpaired) electrons. The maximum absolute atomic E-state index is 10.2. The first-order chi connectivity index (χ1) is 9.20.